The summed E-state index contributed by atoms with van der Waals surface area (Å²) in [6.07, 6.45) is 12.1. The molecule has 0 heterocycles. The van der Waals surface area contributed by atoms with Crippen molar-refractivity contribution in [2.45, 2.75) is 58.8 Å². The summed E-state index contributed by atoms with van der Waals surface area (Å²) >= 11 is 0.101. The number of benzene rings is 1. The molecule has 0 N–H and O–H groups in total. The number of allylic oxidation sites excluding steroid dienone is 1. The Morgan fingerprint density at radius 3 is 2.33 bits per heavy atom. The topological polar surface area (TPSA) is 0 Å². The molecule has 1 aromatic rings. The van der Waals surface area contributed by atoms with Crippen molar-refractivity contribution >= 4 is 0 Å². The van der Waals surface area contributed by atoms with E-state index in [4.69, 9.17) is 0 Å². The van der Waals surface area contributed by atoms with Gasteiger partial charge < -0.3 is 0 Å². The minimum absolute atomic E-state index is 0.101. The fourth-order valence-electron chi connectivity index (χ4n) is 1.83. The van der Waals surface area contributed by atoms with E-state index in [2.05, 4.69) is 48.3 Å². The van der Waals surface area contributed by atoms with E-state index >= 15 is 0 Å². The molecule has 0 fully saturated rings. The predicted octanol–water partition coefficient (Wildman–Crippen LogP) is 2.52. The van der Waals surface area contributed by atoms with Crippen LogP contribution in [0.25, 0.3) is 0 Å². The van der Waals surface area contributed by atoms with Crippen LogP contribution in [0, 0.1) is 10.5 Å². The van der Waals surface area contributed by atoms with Gasteiger partial charge in [-0.3, -0.25) is 0 Å². The molecule has 1 aromatic carbocycles. The van der Waals surface area contributed by atoms with Gasteiger partial charge in [-0.05, 0) is 38.0 Å². The van der Waals surface area contributed by atoms with Crippen molar-refractivity contribution in [1.29, 1.82) is 0 Å². The Morgan fingerprint density at radius 1 is 0.944 bits per heavy atom. The maximum absolute atomic E-state index is 2.43. The van der Waals surface area contributed by atoms with Crippen LogP contribution < -0.4 is 21.2 Å². The van der Waals surface area contributed by atoms with Crippen molar-refractivity contribution in [3.8, 4) is 0 Å². The molecule has 0 aliphatic heterocycles. The summed E-state index contributed by atoms with van der Waals surface area (Å²) in [6.45, 7) is 4.42. The highest BCUT2D eigenvalue weighted by molar-refractivity contribution is 5.11. The normalized spacial score (nSPS) is 11.2. The minimum atomic E-state index is 0.101. The van der Waals surface area contributed by atoms with E-state index in [-0.39, 0.29) is 21.2 Å². The summed E-state index contributed by atoms with van der Waals surface area (Å²) in [5.41, 5.74) is 1.36. The van der Waals surface area contributed by atoms with Gasteiger partial charge in [0.15, 0.2) is 7.65 Å². The van der Waals surface area contributed by atoms with E-state index in [1.807, 2.05) is 0 Å². The maximum atomic E-state index is 2.43. The molecule has 0 unspecified atom stereocenters. The van der Waals surface area contributed by atoms with Gasteiger partial charge in [0.2, 0.25) is 0 Å². The molecule has 0 aliphatic carbocycles. The third-order valence-corrected chi connectivity index (χ3v) is 5.32. The summed E-state index contributed by atoms with van der Waals surface area (Å²) in [5, 5.41) is 0. The van der Waals surface area contributed by atoms with E-state index in [0.717, 1.165) is 0 Å². The number of hydrogen-bond donors (Lipinski definition) is 0. The molecule has 0 saturated heterocycles. The number of rotatable bonds is 9. The molecule has 0 nitrogen and oxygen atoms in total. The number of halogens is 1. The first kappa shape index (κ1) is 15.7. The summed E-state index contributed by atoms with van der Waals surface area (Å²) in [7, 11) is 0. The average Bonchev–Trinajstić information content (AvgIpc) is 2.39. The van der Waals surface area contributed by atoms with Crippen molar-refractivity contribution < 1.29 is 21.2 Å². The first-order valence-corrected chi connectivity index (χ1v) is 9.50. The van der Waals surface area contributed by atoms with E-state index in [0.29, 0.717) is 0 Å². The second-order valence-electron chi connectivity index (χ2n) is 4.82. The molecule has 0 aliphatic rings. The van der Waals surface area contributed by atoms with Crippen molar-refractivity contribution in [2.75, 3.05) is 0 Å². The van der Waals surface area contributed by atoms with E-state index in [9.17, 15) is 0 Å². The Labute approximate surface area is 123 Å². The molecule has 0 bridgehead atoms. The smallest absolute Gasteiger partial charge is 0.0654 e. The Morgan fingerprint density at radius 2 is 1.61 bits per heavy atom. The molecular weight excluding hydrogens is 331 g/mol. The number of hydrogen-bond acceptors (Lipinski definition) is 0. The zero-order valence-corrected chi connectivity index (χ0v) is 13.9. The lowest BCUT2D eigenvalue weighted by molar-refractivity contribution is -0.557. The second-order valence-corrected chi connectivity index (χ2v) is 7.41. The molecular formula is C17H26I+. The Bertz CT molecular complexity index is 324. The van der Waals surface area contributed by atoms with Gasteiger partial charge in [0.25, 0.3) is 0 Å². The van der Waals surface area contributed by atoms with Gasteiger partial charge in [-0.2, -0.15) is 0 Å². The zero-order valence-electron chi connectivity index (χ0n) is 11.8. The Kier molecular flexibility index (Phi) is 9.27. The summed E-state index contributed by atoms with van der Waals surface area (Å²) in [5.74, 6) is 0. The van der Waals surface area contributed by atoms with Crippen LogP contribution >= 0.6 is 0 Å². The first-order valence-electron chi connectivity index (χ1n) is 7.18. The maximum Gasteiger partial charge on any atom is 0.349 e. The van der Waals surface area contributed by atoms with E-state index in [1.165, 1.54) is 54.1 Å². The molecule has 18 heavy (non-hydrogen) atoms. The van der Waals surface area contributed by atoms with Gasteiger partial charge in [0.1, 0.15) is 0 Å². The largest absolute Gasteiger partial charge is 0.349 e. The van der Waals surface area contributed by atoms with Crippen LogP contribution in [0.3, 0.4) is 0 Å². The van der Waals surface area contributed by atoms with Gasteiger partial charge in [-0.1, -0.05) is 56.7 Å². The zero-order chi connectivity index (χ0) is 13.1. The van der Waals surface area contributed by atoms with E-state index < -0.39 is 0 Å². The molecule has 0 saturated carbocycles. The molecule has 0 aromatic heterocycles. The van der Waals surface area contributed by atoms with Crippen molar-refractivity contribution in [3.63, 3.8) is 0 Å². The summed E-state index contributed by atoms with van der Waals surface area (Å²) in [6, 6.07) is 8.99. The lowest BCUT2D eigenvalue weighted by Crippen LogP contribution is -3.59. The standard InChI is InChI=1S/C17H26I/c1-3-4-5-6-7-8-9-10-15-18-17-13-11-16(2)12-14-17/h10-15H,3-9H2,1-2H3/q+1/b15-10+. The lowest BCUT2D eigenvalue weighted by Gasteiger charge is -1.96. The van der Waals surface area contributed by atoms with Crippen molar-refractivity contribution in [2.24, 2.45) is 0 Å². The fourth-order valence-corrected chi connectivity index (χ4v) is 3.63. The second kappa shape index (κ2) is 10.6. The van der Waals surface area contributed by atoms with Crippen molar-refractivity contribution in [1.82, 2.24) is 0 Å². The lowest BCUT2D eigenvalue weighted by atomic mass is 10.1. The SMILES string of the molecule is CCCCCCCC/C=C/[I+]c1ccc(C)cc1. The predicted molar refractivity (Wildman–Crippen MR) is 77.0 cm³/mol. The van der Waals surface area contributed by atoms with Gasteiger partial charge in [-0.25, -0.2) is 0 Å². The highest BCUT2D eigenvalue weighted by Gasteiger charge is 2.05. The molecule has 0 radical (unpaired) electrons. The monoisotopic (exact) mass is 357 g/mol. The first-order chi connectivity index (χ1) is 8.83. The third kappa shape index (κ3) is 7.91. The van der Waals surface area contributed by atoms with Gasteiger partial charge >= 0.3 is 21.2 Å². The van der Waals surface area contributed by atoms with Gasteiger partial charge in [0.05, 0.1) is 0 Å². The Balaban J connectivity index is 2.02. The highest BCUT2D eigenvalue weighted by Crippen LogP contribution is 2.06. The van der Waals surface area contributed by atoms with Crippen LogP contribution in [0.2, 0.25) is 0 Å². The quantitative estimate of drug-likeness (QED) is 0.471. The van der Waals surface area contributed by atoms with E-state index in [1.54, 1.807) is 0 Å². The van der Waals surface area contributed by atoms with Crippen LogP contribution in [0.15, 0.2) is 34.4 Å². The van der Waals surface area contributed by atoms with Gasteiger partial charge in [0, 0.05) is 0 Å². The molecule has 0 amide bonds. The fraction of sp³-hybridized carbons (Fsp3) is 0.529. The van der Waals surface area contributed by atoms with Crippen LogP contribution in [0.4, 0.5) is 0 Å². The molecule has 1 heteroatoms. The third-order valence-electron chi connectivity index (χ3n) is 3.01. The number of aryl methyl sites for hydroxylation is 1. The Hall–Kier alpha value is -0.310. The highest BCUT2D eigenvalue weighted by atomic mass is 127. The summed E-state index contributed by atoms with van der Waals surface area (Å²) < 4.78 is 3.95. The van der Waals surface area contributed by atoms with Crippen LogP contribution in [-0.4, -0.2) is 0 Å². The van der Waals surface area contributed by atoms with Gasteiger partial charge in [-0.15, -0.1) is 0 Å². The van der Waals surface area contributed by atoms with Crippen molar-refractivity contribution in [3.05, 3.63) is 43.6 Å². The molecule has 1 rings (SSSR count). The van der Waals surface area contributed by atoms with Crippen LogP contribution in [-0.2, 0) is 0 Å². The van der Waals surface area contributed by atoms with Crippen LogP contribution in [0.5, 0.6) is 0 Å². The average molecular weight is 357 g/mol. The molecule has 0 spiro atoms. The number of unbranched alkanes of at least 4 members (excludes halogenated alkanes) is 6. The molecule has 100 valence electrons. The minimum Gasteiger partial charge on any atom is -0.0654 e. The summed E-state index contributed by atoms with van der Waals surface area (Å²) in [4.78, 5) is 0. The van der Waals surface area contributed by atoms with Crippen LogP contribution in [0.1, 0.15) is 57.4 Å². The molecule has 0 atom stereocenters.